The van der Waals surface area contributed by atoms with Gasteiger partial charge in [-0.15, -0.1) is 0 Å². The molecular formula is C24H22F3N3O3. The van der Waals surface area contributed by atoms with Crippen LogP contribution in [0.5, 0.6) is 5.88 Å². The van der Waals surface area contributed by atoms with Gasteiger partial charge in [0.2, 0.25) is 5.88 Å². The Morgan fingerprint density at radius 2 is 1.91 bits per heavy atom. The molecule has 6 nitrogen and oxygen atoms in total. The first-order valence-electron chi connectivity index (χ1n) is 10.3. The van der Waals surface area contributed by atoms with Gasteiger partial charge in [-0.25, -0.2) is 4.68 Å². The number of aromatic nitrogens is 3. The number of furan rings is 1. The third-order valence-corrected chi connectivity index (χ3v) is 5.28. The Bertz CT molecular complexity index is 1290. The number of nitrogens with zero attached hydrogens (tertiary/aromatic N) is 3. The molecule has 0 aliphatic heterocycles. The second kappa shape index (κ2) is 8.73. The topological polar surface area (TPSA) is 70.2 Å². The molecule has 0 amide bonds. The SMILES string of the molecule is Cc1ccc(C(C)CC(=O)COc2cc(C(F)(F)F)c3c(-c4ccccc4)nn(C)c3n2)o1. The number of fused-ring (bicyclic) bond motifs is 1. The van der Waals surface area contributed by atoms with E-state index in [1.807, 2.05) is 19.9 Å². The van der Waals surface area contributed by atoms with Gasteiger partial charge >= 0.3 is 6.18 Å². The molecule has 172 valence electrons. The van der Waals surface area contributed by atoms with Crippen molar-refractivity contribution in [2.45, 2.75) is 32.4 Å². The molecular weight excluding hydrogens is 435 g/mol. The van der Waals surface area contributed by atoms with Gasteiger partial charge in [0.1, 0.15) is 23.8 Å². The monoisotopic (exact) mass is 457 g/mol. The Hall–Kier alpha value is -3.62. The van der Waals surface area contributed by atoms with Crippen molar-refractivity contribution >= 4 is 16.8 Å². The number of alkyl halides is 3. The van der Waals surface area contributed by atoms with Crippen molar-refractivity contribution in [3.05, 3.63) is 65.6 Å². The van der Waals surface area contributed by atoms with Crippen molar-refractivity contribution in [3.8, 4) is 17.1 Å². The Balaban J connectivity index is 1.61. The average molecular weight is 457 g/mol. The first-order valence-corrected chi connectivity index (χ1v) is 10.3. The van der Waals surface area contributed by atoms with Crippen LogP contribution in [-0.4, -0.2) is 27.2 Å². The van der Waals surface area contributed by atoms with Gasteiger partial charge in [0.05, 0.1) is 10.9 Å². The lowest BCUT2D eigenvalue weighted by atomic mass is 10.0. The summed E-state index contributed by atoms with van der Waals surface area (Å²) in [7, 11) is 1.52. The summed E-state index contributed by atoms with van der Waals surface area (Å²) in [5, 5.41) is 4.15. The van der Waals surface area contributed by atoms with E-state index in [1.165, 1.54) is 11.7 Å². The second-order valence-corrected chi connectivity index (χ2v) is 7.92. The normalized spacial score (nSPS) is 12.8. The van der Waals surface area contributed by atoms with Crippen LogP contribution in [0.2, 0.25) is 0 Å². The lowest BCUT2D eigenvalue weighted by molar-refractivity contribution is -0.136. The minimum absolute atomic E-state index is 0.0190. The molecule has 0 saturated carbocycles. The van der Waals surface area contributed by atoms with Crippen molar-refractivity contribution in [1.29, 1.82) is 0 Å². The molecule has 9 heteroatoms. The van der Waals surface area contributed by atoms with E-state index in [4.69, 9.17) is 9.15 Å². The molecule has 0 aliphatic rings. The van der Waals surface area contributed by atoms with E-state index in [9.17, 15) is 18.0 Å². The van der Waals surface area contributed by atoms with E-state index in [-0.39, 0.29) is 40.7 Å². The molecule has 4 aromatic rings. The number of aryl methyl sites for hydroxylation is 2. The fourth-order valence-electron chi connectivity index (χ4n) is 3.69. The highest BCUT2D eigenvalue weighted by Crippen LogP contribution is 2.40. The molecule has 0 radical (unpaired) electrons. The summed E-state index contributed by atoms with van der Waals surface area (Å²) < 4.78 is 54.1. The minimum atomic E-state index is -4.67. The van der Waals surface area contributed by atoms with Crippen LogP contribution < -0.4 is 4.74 Å². The highest BCUT2D eigenvalue weighted by molar-refractivity contribution is 5.94. The minimum Gasteiger partial charge on any atom is -0.470 e. The first kappa shape index (κ1) is 22.6. The average Bonchev–Trinajstić information content (AvgIpc) is 3.35. The van der Waals surface area contributed by atoms with Gasteiger partial charge in [0.15, 0.2) is 11.4 Å². The number of benzene rings is 1. The highest BCUT2D eigenvalue weighted by Gasteiger charge is 2.36. The van der Waals surface area contributed by atoms with Crippen molar-refractivity contribution in [3.63, 3.8) is 0 Å². The van der Waals surface area contributed by atoms with Crippen LogP contribution in [0.25, 0.3) is 22.3 Å². The summed E-state index contributed by atoms with van der Waals surface area (Å²) in [5.74, 6) is 0.669. The fourth-order valence-corrected chi connectivity index (χ4v) is 3.69. The smallest absolute Gasteiger partial charge is 0.417 e. The number of rotatable bonds is 7. The maximum absolute atomic E-state index is 14.0. The number of ether oxygens (including phenoxy) is 1. The molecule has 0 bridgehead atoms. The summed E-state index contributed by atoms with van der Waals surface area (Å²) >= 11 is 0. The van der Waals surface area contributed by atoms with Crippen molar-refractivity contribution in [1.82, 2.24) is 14.8 Å². The van der Waals surface area contributed by atoms with Gasteiger partial charge < -0.3 is 9.15 Å². The zero-order valence-electron chi connectivity index (χ0n) is 18.3. The standard InChI is InChI=1S/C24H22F3N3O3/c1-14(19-10-9-15(2)33-19)11-17(31)13-32-20-12-18(24(25,26)27)21-22(16-7-5-4-6-8-16)29-30(3)23(21)28-20/h4-10,12,14H,11,13H2,1-3H3. The Morgan fingerprint density at radius 3 is 2.55 bits per heavy atom. The maximum Gasteiger partial charge on any atom is 0.417 e. The van der Waals surface area contributed by atoms with E-state index in [2.05, 4.69) is 10.1 Å². The summed E-state index contributed by atoms with van der Waals surface area (Å²) in [4.78, 5) is 16.6. The van der Waals surface area contributed by atoms with E-state index in [0.717, 1.165) is 11.8 Å². The second-order valence-electron chi connectivity index (χ2n) is 7.92. The van der Waals surface area contributed by atoms with Gasteiger partial charge in [-0.1, -0.05) is 37.3 Å². The predicted octanol–water partition coefficient (Wildman–Crippen LogP) is 5.70. The van der Waals surface area contributed by atoms with Crippen molar-refractivity contribution < 1.29 is 27.1 Å². The largest absolute Gasteiger partial charge is 0.470 e. The van der Waals surface area contributed by atoms with Crippen molar-refractivity contribution in [2.24, 2.45) is 7.05 Å². The van der Waals surface area contributed by atoms with Gasteiger partial charge in [0, 0.05) is 31.0 Å². The number of Topliss-reactive ketones (excluding diaryl/α,β-unsaturated/α-hetero) is 1. The van der Waals surface area contributed by atoms with Gasteiger partial charge in [-0.2, -0.15) is 23.3 Å². The third-order valence-electron chi connectivity index (χ3n) is 5.28. The predicted molar refractivity (Wildman–Crippen MR) is 116 cm³/mol. The molecule has 0 fully saturated rings. The van der Waals surface area contributed by atoms with Gasteiger partial charge in [-0.3, -0.25) is 4.79 Å². The lowest BCUT2D eigenvalue weighted by Gasteiger charge is -2.13. The number of carbonyl (C=O) groups is 1. The Kier molecular flexibility index (Phi) is 5.97. The molecule has 0 aliphatic carbocycles. The molecule has 33 heavy (non-hydrogen) atoms. The van der Waals surface area contributed by atoms with E-state index in [0.29, 0.717) is 11.3 Å². The molecule has 1 aromatic carbocycles. The number of carbonyl (C=O) groups excluding carboxylic acids is 1. The highest BCUT2D eigenvalue weighted by atomic mass is 19.4. The molecule has 3 aromatic heterocycles. The first-order chi connectivity index (χ1) is 15.6. The summed E-state index contributed by atoms with van der Waals surface area (Å²) in [6.45, 7) is 3.25. The number of pyridine rings is 1. The van der Waals surface area contributed by atoms with Crippen LogP contribution in [0.3, 0.4) is 0 Å². The van der Waals surface area contributed by atoms with Gasteiger partial charge in [-0.05, 0) is 19.1 Å². The van der Waals surface area contributed by atoms with Crippen LogP contribution in [0.15, 0.2) is 52.9 Å². The van der Waals surface area contributed by atoms with Crippen molar-refractivity contribution in [2.75, 3.05) is 6.61 Å². The van der Waals surface area contributed by atoms with Crippen LogP contribution >= 0.6 is 0 Å². The van der Waals surface area contributed by atoms with Crippen LogP contribution in [-0.2, 0) is 18.0 Å². The molecule has 0 saturated heterocycles. The van der Waals surface area contributed by atoms with E-state index >= 15 is 0 Å². The number of halogens is 3. The van der Waals surface area contributed by atoms with Crippen LogP contribution in [0, 0.1) is 6.92 Å². The van der Waals surface area contributed by atoms with Crippen LogP contribution in [0.4, 0.5) is 13.2 Å². The summed E-state index contributed by atoms with van der Waals surface area (Å²) in [6, 6.07) is 13.0. The summed E-state index contributed by atoms with van der Waals surface area (Å²) in [6.07, 6.45) is -4.53. The molecule has 4 rings (SSSR count). The van der Waals surface area contributed by atoms with Crippen LogP contribution in [0.1, 0.15) is 36.3 Å². The third kappa shape index (κ3) is 4.76. The molecule has 0 N–H and O–H groups in total. The summed E-state index contributed by atoms with van der Waals surface area (Å²) in [5.41, 5.74) is -0.175. The number of hydrogen-bond acceptors (Lipinski definition) is 5. The molecule has 1 unspecified atom stereocenters. The maximum atomic E-state index is 14.0. The van der Waals surface area contributed by atoms with Gasteiger partial charge in [0.25, 0.3) is 0 Å². The number of ketones is 1. The Morgan fingerprint density at radius 1 is 1.18 bits per heavy atom. The lowest BCUT2D eigenvalue weighted by Crippen LogP contribution is -2.15. The zero-order chi connectivity index (χ0) is 23.8. The fraction of sp³-hybridized carbons (Fsp3) is 0.292. The van der Waals surface area contributed by atoms with E-state index in [1.54, 1.807) is 36.4 Å². The molecule has 0 spiro atoms. The molecule has 1 atom stereocenters. The van der Waals surface area contributed by atoms with E-state index < -0.39 is 18.3 Å². The zero-order valence-corrected chi connectivity index (χ0v) is 18.3. The quantitative estimate of drug-likeness (QED) is 0.356. The molecule has 3 heterocycles. The Labute approximate surface area is 188 Å². The number of hydrogen-bond donors (Lipinski definition) is 0.